The van der Waals surface area contributed by atoms with Gasteiger partial charge < -0.3 is 9.47 Å². The number of rotatable bonds is 1. The minimum absolute atomic E-state index is 0.0985. The van der Waals surface area contributed by atoms with E-state index < -0.39 is 17.4 Å². The number of hydrogen-bond donors (Lipinski definition) is 0. The van der Waals surface area contributed by atoms with E-state index >= 15 is 0 Å². The van der Waals surface area contributed by atoms with Gasteiger partial charge in [-0.3, -0.25) is 0 Å². The Labute approximate surface area is 159 Å². The van der Waals surface area contributed by atoms with E-state index in [1.165, 1.54) is 19.2 Å². The summed E-state index contributed by atoms with van der Waals surface area (Å²) in [6, 6.07) is 12.3. The number of halogens is 1. The van der Waals surface area contributed by atoms with Crippen LogP contribution >= 0.6 is 0 Å². The summed E-state index contributed by atoms with van der Waals surface area (Å²) in [4.78, 5) is 11.5. The number of carbonyl (C=O) groups is 1. The zero-order valence-electron chi connectivity index (χ0n) is 16.2. The lowest BCUT2D eigenvalue weighted by atomic mass is 9.65. The van der Waals surface area contributed by atoms with Gasteiger partial charge in [0, 0.05) is 16.5 Å². The molecule has 1 unspecified atom stereocenters. The molecule has 0 N–H and O–H groups in total. The molecule has 1 atom stereocenters. The molecule has 0 saturated heterocycles. The minimum atomic E-state index is -0.702. The van der Waals surface area contributed by atoms with Gasteiger partial charge in [-0.2, -0.15) is 0 Å². The number of ether oxygens (including phenoxy) is 2. The topological polar surface area (TPSA) is 35.5 Å². The first-order valence-electron chi connectivity index (χ1n) is 8.85. The van der Waals surface area contributed by atoms with Crippen LogP contribution in [0.15, 0.2) is 42.5 Å². The second-order valence-corrected chi connectivity index (χ2v) is 7.81. The molecule has 0 saturated carbocycles. The van der Waals surface area contributed by atoms with Gasteiger partial charge in [-0.15, -0.1) is 0 Å². The number of carbonyl (C=O) groups excluding carboxylic acids is 1. The maximum absolute atomic E-state index is 14.2. The molecule has 4 heteroatoms. The third-order valence-corrected chi connectivity index (χ3v) is 5.11. The summed E-state index contributed by atoms with van der Waals surface area (Å²) in [5.74, 6) is 5.77. The average Bonchev–Trinajstić information content (AvgIpc) is 2.60. The third-order valence-electron chi connectivity index (χ3n) is 5.11. The maximum Gasteiger partial charge on any atom is 0.340 e. The number of benzene rings is 2. The Kier molecular flexibility index (Phi) is 4.73. The van der Waals surface area contributed by atoms with Crippen LogP contribution in [0.25, 0.3) is 0 Å². The molecule has 0 fully saturated rings. The smallest absolute Gasteiger partial charge is 0.340 e. The summed E-state index contributed by atoms with van der Waals surface area (Å²) in [6.45, 7) is 8.34. The summed E-state index contributed by atoms with van der Waals surface area (Å²) in [6.07, 6.45) is 0. The van der Waals surface area contributed by atoms with E-state index in [9.17, 15) is 9.18 Å². The van der Waals surface area contributed by atoms with Gasteiger partial charge in [0.1, 0.15) is 17.2 Å². The molecule has 0 aliphatic carbocycles. The molecular weight excluding hydrogens is 343 g/mol. The van der Waals surface area contributed by atoms with Crippen molar-refractivity contribution in [1.82, 2.24) is 0 Å². The van der Waals surface area contributed by atoms with Gasteiger partial charge >= 0.3 is 5.97 Å². The molecule has 0 aromatic heterocycles. The Bertz CT molecular complexity index is 948. The zero-order valence-corrected chi connectivity index (χ0v) is 16.2. The monoisotopic (exact) mass is 366 g/mol. The highest BCUT2D eigenvalue weighted by molar-refractivity contribution is 5.89. The maximum atomic E-state index is 14.2. The van der Waals surface area contributed by atoms with Gasteiger partial charge in [-0.05, 0) is 38.1 Å². The van der Waals surface area contributed by atoms with Gasteiger partial charge in [0.25, 0.3) is 0 Å². The molecule has 1 aliphatic rings. The first-order chi connectivity index (χ1) is 12.7. The minimum Gasteiger partial charge on any atom is -0.486 e. The summed E-state index contributed by atoms with van der Waals surface area (Å²) in [7, 11) is 1.22. The van der Waals surface area contributed by atoms with Gasteiger partial charge in [0.15, 0.2) is 0 Å². The lowest BCUT2D eigenvalue weighted by Gasteiger charge is -2.47. The molecule has 0 spiro atoms. The lowest BCUT2D eigenvalue weighted by molar-refractivity contribution is 0.0148. The van der Waals surface area contributed by atoms with Crippen LogP contribution in [-0.2, 0) is 10.2 Å². The van der Waals surface area contributed by atoms with Crippen LogP contribution < -0.4 is 4.74 Å². The summed E-state index contributed by atoms with van der Waals surface area (Å²) in [5, 5.41) is 0. The number of esters is 1. The normalized spacial score (nSPS) is 19.1. The fourth-order valence-corrected chi connectivity index (χ4v) is 3.83. The van der Waals surface area contributed by atoms with E-state index in [1.54, 1.807) is 6.07 Å². The second-order valence-electron chi connectivity index (χ2n) is 7.81. The van der Waals surface area contributed by atoms with Crippen molar-refractivity contribution in [2.75, 3.05) is 7.11 Å². The molecule has 3 nitrogen and oxygen atoms in total. The zero-order chi connectivity index (χ0) is 19.8. The largest absolute Gasteiger partial charge is 0.486 e. The highest BCUT2D eigenvalue weighted by Gasteiger charge is 2.47. The fourth-order valence-electron chi connectivity index (χ4n) is 3.83. The van der Waals surface area contributed by atoms with E-state index in [1.807, 2.05) is 32.0 Å². The predicted octanol–water partition coefficient (Wildman–Crippen LogP) is 4.73. The van der Waals surface area contributed by atoms with Crippen LogP contribution in [-0.4, -0.2) is 18.7 Å². The molecule has 0 radical (unpaired) electrons. The van der Waals surface area contributed by atoms with Gasteiger partial charge in [0.2, 0.25) is 0 Å². The Morgan fingerprint density at radius 3 is 2.52 bits per heavy atom. The first kappa shape index (κ1) is 19.0. The molecule has 2 aromatic rings. The Morgan fingerprint density at radius 1 is 1.15 bits per heavy atom. The molecule has 0 amide bonds. The molecule has 0 bridgehead atoms. The molecular formula is C23H23FO3. The van der Waals surface area contributed by atoms with E-state index in [0.29, 0.717) is 5.56 Å². The third kappa shape index (κ3) is 3.42. The Morgan fingerprint density at radius 2 is 1.85 bits per heavy atom. The number of hydrogen-bond acceptors (Lipinski definition) is 3. The number of fused-ring (bicyclic) bond motifs is 1. The van der Waals surface area contributed by atoms with E-state index in [2.05, 4.69) is 36.5 Å². The molecule has 1 aliphatic heterocycles. The fraction of sp³-hybridized carbons (Fsp3) is 0.348. The van der Waals surface area contributed by atoms with Crippen LogP contribution in [0.5, 0.6) is 5.75 Å². The number of methoxy groups -OCH3 is 1. The van der Waals surface area contributed by atoms with Crippen molar-refractivity contribution in [3.63, 3.8) is 0 Å². The van der Waals surface area contributed by atoms with Crippen LogP contribution in [0.4, 0.5) is 4.39 Å². The van der Waals surface area contributed by atoms with Crippen molar-refractivity contribution in [1.29, 1.82) is 0 Å². The average molecular weight is 366 g/mol. The van der Waals surface area contributed by atoms with Gasteiger partial charge in [0.05, 0.1) is 18.6 Å². The van der Waals surface area contributed by atoms with E-state index in [-0.39, 0.29) is 16.9 Å². The summed E-state index contributed by atoms with van der Waals surface area (Å²) < 4.78 is 24.9. The van der Waals surface area contributed by atoms with Crippen molar-refractivity contribution in [3.8, 4) is 17.6 Å². The van der Waals surface area contributed by atoms with Crippen molar-refractivity contribution >= 4 is 5.97 Å². The van der Waals surface area contributed by atoms with Crippen molar-refractivity contribution in [2.45, 2.75) is 38.7 Å². The van der Waals surface area contributed by atoms with Crippen molar-refractivity contribution in [3.05, 3.63) is 65.0 Å². The second kappa shape index (κ2) is 6.74. The molecule has 2 aromatic carbocycles. The summed E-state index contributed by atoms with van der Waals surface area (Å²) in [5.41, 5.74) is 0.769. The lowest BCUT2D eigenvalue weighted by Crippen LogP contribution is -2.50. The van der Waals surface area contributed by atoms with Gasteiger partial charge in [-0.1, -0.05) is 43.9 Å². The molecule has 140 valence electrons. The molecule has 3 rings (SSSR count). The predicted molar refractivity (Wildman–Crippen MR) is 102 cm³/mol. The van der Waals surface area contributed by atoms with Crippen LogP contribution in [0.1, 0.15) is 49.2 Å². The quantitative estimate of drug-likeness (QED) is 0.541. The highest BCUT2D eigenvalue weighted by Crippen LogP contribution is 2.48. The van der Waals surface area contributed by atoms with Crippen LogP contribution in [0.2, 0.25) is 0 Å². The Balaban J connectivity index is 1.99. The number of para-hydroxylation sites is 1. The molecule has 27 heavy (non-hydrogen) atoms. The van der Waals surface area contributed by atoms with E-state index in [4.69, 9.17) is 4.74 Å². The van der Waals surface area contributed by atoms with Crippen molar-refractivity contribution in [2.24, 2.45) is 5.92 Å². The summed E-state index contributed by atoms with van der Waals surface area (Å²) >= 11 is 0. The van der Waals surface area contributed by atoms with Gasteiger partial charge in [-0.25, -0.2) is 9.18 Å². The van der Waals surface area contributed by atoms with Crippen LogP contribution in [0, 0.1) is 23.6 Å². The highest BCUT2D eigenvalue weighted by atomic mass is 19.1. The standard InChI is InChI=1S/C23H23FO3/c1-22(2)17-8-6-7-9-19(17)27-23(3,4)20(22)13-11-15-10-12-16(18(24)14-15)21(25)26-5/h6-10,12,14,20H,1-5H3. The Hall–Kier alpha value is -2.80. The molecule has 1 heterocycles. The van der Waals surface area contributed by atoms with Crippen molar-refractivity contribution < 1.29 is 18.7 Å². The first-order valence-corrected chi connectivity index (χ1v) is 8.85. The van der Waals surface area contributed by atoms with Crippen LogP contribution in [0.3, 0.4) is 0 Å². The van der Waals surface area contributed by atoms with E-state index in [0.717, 1.165) is 11.3 Å². The SMILES string of the molecule is COC(=O)c1ccc(C#CC2C(C)(C)Oc3ccccc3C2(C)C)cc1F.